The molecule has 1 fully saturated rings. The first-order valence-corrected chi connectivity index (χ1v) is 6.18. The van der Waals surface area contributed by atoms with Gasteiger partial charge in [0.25, 0.3) is 5.92 Å². The maximum Gasteiger partial charge on any atom is 0.267 e. The molecule has 1 saturated heterocycles. The van der Waals surface area contributed by atoms with Gasteiger partial charge in [-0.3, -0.25) is 4.98 Å². The van der Waals surface area contributed by atoms with Gasteiger partial charge in [-0.1, -0.05) is 0 Å². The van der Waals surface area contributed by atoms with Gasteiger partial charge in [0.2, 0.25) is 5.95 Å². The predicted molar refractivity (Wildman–Crippen MR) is 67.4 cm³/mol. The van der Waals surface area contributed by atoms with E-state index in [2.05, 4.69) is 15.0 Å². The number of nitrogens with one attached hydrogen (secondary N) is 1. The second-order valence-electron chi connectivity index (χ2n) is 4.79. The van der Waals surface area contributed by atoms with E-state index >= 15 is 0 Å². The maximum absolute atomic E-state index is 13.1. The lowest BCUT2D eigenvalue weighted by molar-refractivity contribution is 0.0256. The van der Waals surface area contributed by atoms with Crippen LogP contribution in [0.5, 0.6) is 0 Å². The zero-order valence-corrected chi connectivity index (χ0v) is 10.3. The van der Waals surface area contributed by atoms with Gasteiger partial charge in [-0.2, -0.15) is 0 Å². The van der Waals surface area contributed by atoms with E-state index in [1.807, 2.05) is 12.1 Å². The topological polar surface area (TPSA) is 44.8 Å². The molecule has 0 saturated carbocycles. The van der Waals surface area contributed by atoms with Gasteiger partial charge < -0.3 is 9.88 Å². The van der Waals surface area contributed by atoms with Crippen LogP contribution in [0, 0.1) is 0 Å². The van der Waals surface area contributed by atoms with Crippen LogP contribution in [0.4, 0.5) is 14.7 Å². The van der Waals surface area contributed by atoms with Crippen molar-refractivity contribution in [2.24, 2.45) is 0 Å². The fraction of sp³-hybridized carbons (Fsp3) is 0.385. The highest BCUT2D eigenvalue weighted by Crippen LogP contribution is 2.29. The Labute approximate surface area is 109 Å². The van der Waals surface area contributed by atoms with Crippen molar-refractivity contribution < 1.29 is 8.78 Å². The number of anilines is 1. The van der Waals surface area contributed by atoms with Crippen molar-refractivity contribution in [3.8, 4) is 0 Å². The van der Waals surface area contributed by atoms with Crippen molar-refractivity contribution >= 4 is 5.95 Å². The van der Waals surface area contributed by atoms with E-state index in [0.29, 0.717) is 18.9 Å². The molecule has 0 radical (unpaired) electrons. The highest BCUT2D eigenvalue weighted by atomic mass is 19.3. The largest absolute Gasteiger partial charge is 0.336 e. The molecule has 0 spiro atoms. The van der Waals surface area contributed by atoms with Crippen molar-refractivity contribution in [2.45, 2.75) is 18.8 Å². The Hall–Kier alpha value is -1.98. The number of pyridine rings is 1. The number of alkyl halides is 2. The van der Waals surface area contributed by atoms with Crippen LogP contribution in [0.25, 0.3) is 0 Å². The molecule has 3 rings (SSSR count). The van der Waals surface area contributed by atoms with Crippen LogP contribution in [-0.2, 0) is 6.42 Å². The second-order valence-corrected chi connectivity index (χ2v) is 4.79. The number of imidazole rings is 1. The summed E-state index contributed by atoms with van der Waals surface area (Å²) in [5, 5.41) is 0. The summed E-state index contributed by atoms with van der Waals surface area (Å²) in [5.41, 5.74) is 2.02. The molecule has 0 bridgehead atoms. The maximum atomic E-state index is 13.1. The fourth-order valence-corrected chi connectivity index (χ4v) is 2.23. The number of H-pyrrole nitrogens is 1. The van der Waals surface area contributed by atoms with Gasteiger partial charge in [-0.25, -0.2) is 13.8 Å². The Morgan fingerprint density at radius 2 is 2.11 bits per heavy atom. The standard InChI is InChI=1S/C13H14F2N4/c14-13(15)3-6-19(9-13)12-17-8-11(18-12)7-10-1-4-16-5-2-10/h1-2,4-5,8H,3,6-7,9H2,(H,17,18). The summed E-state index contributed by atoms with van der Waals surface area (Å²) in [7, 11) is 0. The van der Waals surface area contributed by atoms with Crippen LogP contribution in [-0.4, -0.2) is 34.0 Å². The first-order valence-electron chi connectivity index (χ1n) is 6.18. The molecule has 0 atom stereocenters. The smallest absolute Gasteiger partial charge is 0.267 e. The van der Waals surface area contributed by atoms with Gasteiger partial charge in [-0.15, -0.1) is 0 Å². The van der Waals surface area contributed by atoms with E-state index in [1.54, 1.807) is 23.5 Å². The van der Waals surface area contributed by atoms with Crippen molar-refractivity contribution in [2.75, 3.05) is 18.0 Å². The molecule has 0 amide bonds. The number of nitrogens with zero attached hydrogens (tertiary/aromatic N) is 3. The molecule has 0 aromatic carbocycles. The van der Waals surface area contributed by atoms with Gasteiger partial charge in [0, 0.05) is 37.5 Å². The number of rotatable bonds is 3. The number of aromatic nitrogens is 3. The summed E-state index contributed by atoms with van der Waals surface area (Å²) < 4.78 is 26.3. The van der Waals surface area contributed by atoms with E-state index in [4.69, 9.17) is 0 Å². The molecule has 1 aliphatic heterocycles. The number of hydrogen-bond acceptors (Lipinski definition) is 3. The Bertz CT molecular complexity index is 553. The molecular weight excluding hydrogens is 250 g/mol. The van der Waals surface area contributed by atoms with Crippen LogP contribution < -0.4 is 4.90 Å². The van der Waals surface area contributed by atoms with Gasteiger partial charge in [0.05, 0.1) is 12.7 Å². The Morgan fingerprint density at radius 1 is 1.32 bits per heavy atom. The molecule has 0 aliphatic carbocycles. The molecule has 6 heteroatoms. The third kappa shape index (κ3) is 2.72. The van der Waals surface area contributed by atoms with Crippen molar-refractivity contribution in [3.05, 3.63) is 42.0 Å². The normalized spacial score (nSPS) is 17.9. The Kier molecular flexibility index (Phi) is 2.93. The molecule has 100 valence electrons. The quantitative estimate of drug-likeness (QED) is 0.924. The lowest BCUT2D eigenvalue weighted by Gasteiger charge is -2.14. The van der Waals surface area contributed by atoms with Crippen LogP contribution in [0.1, 0.15) is 17.7 Å². The van der Waals surface area contributed by atoms with E-state index in [9.17, 15) is 8.78 Å². The average molecular weight is 264 g/mol. The Morgan fingerprint density at radius 3 is 2.79 bits per heavy atom. The molecular formula is C13H14F2N4. The molecule has 1 aliphatic rings. The second kappa shape index (κ2) is 4.60. The van der Waals surface area contributed by atoms with Crippen LogP contribution in [0.2, 0.25) is 0 Å². The SMILES string of the molecule is FC1(F)CCN(c2ncc(Cc3ccncc3)[nH]2)C1. The number of halogens is 2. The molecule has 1 N–H and O–H groups in total. The number of aromatic amines is 1. The van der Waals surface area contributed by atoms with Gasteiger partial charge >= 0.3 is 0 Å². The van der Waals surface area contributed by atoms with Gasteiger partial charge in [-0.05, 0) is 17.7 Å². The van der Waals surface area contributed by atoms with E-state index in [-0.39, 0.29) is 13.0 Å². The fourth-order valence-electron chi connectivity index (χ4n) is 2.23. The number of hydrogen-bond donors (Lipinski definition) is 1. The minimum Gasteiger partial charge on any atom is -0.336 e. The zero-order chi connectivity index (χ0) is 13.3. The summed E-state index contributed by atoms with van der Waals surface area (Å²) in [6.07, 6.45) is 5.75. The predicted octanol–water partition coefficient (Wildman–Crippen LogP) is 2.24. The third-order valence-corrected chi connectivity index (χ3v) is 3.23. The molecule has 0 unspecified atom stereocenters. The Balaban J connectivity index is 1.70. The first-order chi connectivity index (χ1) is 9.12. The zero-order valence-electron chi connectivity index (χ0n) is 10.3. The average Bonchev–Trinajstić information content (AvgIpc) is 2.97. The summed E-state index contributed by atoms with van der Waals surface area (Å²) in [6, 6.07) is 3.84. The summed E-state index contributed by atoms with van der Waals surface area (Å²) in [4.78, 5) is 12.8. The summed E-state index contributed by atoms with van der Waals surface area (Å²) >= 11 is 0. The molecule has 2 aromatic rings. The molecule has 2 aromatic heterocycles. The summed E-state index contributed by atoms with van der Waals surface area (Å²) in [5.74, 6) is -2.07. The third-order valence-electron chi connectivity index (χ3n) is 3.23. The van der Waals surface area contributed by atoms with Crippen LogP contribution in [0.15, 0.2) is 30.7 Å². The molecule has 3 heterocycles. The lowest BCUT2D eigenvalue weighted by Crippen LogP contribution is -2.25. The van der Waals surface area contributed by atoms with E-state index in [1.165, 1.54) is 0 Å². The summed E-state index contributed by atoms with van der Waals surface area (Å²) in [6.45, 7) is 0.0877. The highest BCUT2D eigenvalue weighted by molar-refractivity contribution is 5.35. The van der Waals surface area contributed by atoms with Crippen LogP contribution in [0.3, 0.4) is 0 Å². The minimum atomic E-state index is -2.60. The van der Waals surface area contributed by atoms with Crippen molar-refractivity contribution in [1.29, 1.82) is 0 Å². The van der Waals surface area contributed by atoms with Crippen LogP contribution >= 0.6 is 0 Å². The highest BCUT2D eigenvalue weighted by Gasteiger charge is 2.39. The van der Waals surface area contributed by atoms with Crippen molar-refractivity contribution in [3.63, 3.8) is 0 Å². The lowest BCUT2D eigenvalue weighted by atomic mass is 10.2. The van der Waals surface area contributed by atoms with Crippen molar-refractivity contribution in [1.82, 2.24) is 15.0 Å². The van der Waals surface area contributed by atoms with Gasteiger partial charge in [0.1, 0.15) is 0 Å². The van der Waals surface area contributed by atoms with E-state index in [0.717, 1.165) is 11.3 Å². The molecule has 4 nitrogen and oxygen atoms in total. The van der Waals surface area contributed by atoms with E-state index < -0.39 is 5.92 Å². The monoisotopic (exact) mass is 264 g/mol. The van der Waals surface area contributed by atoms with Gasteiger partial charge in [0.15, 0.2) is 0 Å². The molecule has 19 heavy (non-hydrogen) atoms. The first kappa shape index (κ1) is 12.1. The minimum absolute atomic E-state index is 0.104.